The number of carbonyl (C=O) groups is 2. The van der Waals surface area contributed by atoms with E-state index in [1.54, 1.807) is 43.3 Å². The summed E-state index contributed by atoms with van der Waals surface area (Å²) in [6.45, 7) is 1.58. The molecule has 0 N–H and O–H groups in total. The summed E-state index contributed by atoms with van der Waals surface area (Å²) >= 11 is 7.44. The number of aromatic nitrogens is 1. The molecule has 2 aromatic carbocycles. The highest BCUT2D eigenvalue weighted by molar-refractivity contribution is 7.19. The third-order valence-corrected chi connectivity index (χ3v) is 5.73. The molecule has 1 unspecified atom stereocenters. The maximum Gasteiger partial charge on any atom is 0.339 e. The number of esters is 1. The fraction of sp³-hybridized carbons (Fsp3) is 0.0870. The van der Waals surface area contributed by atoms with Gasteiger partial charge in [-0.2, -0.15) is 0 Å². The lowest BCUT2D eigenvalue weighted by atomic mass is 10.1. The second-order valence-electron chi connectivity index (χ2n) is 6.45. The number of hydrogen-bond donors (Lipinski definition) is 0. The highest BCUT2D eigenvalue weighted by Gasteiger charge is 2.22. The lowest BCUT2D eigenvalue weighted by Gasteiger charge is -2.14. The van der Waals surface area contributed by atoms with Crippen LogP contribution >= 0.6 is 22.9 Å². The van der Waals surface area contributed by atoms with Crippen LogP contribution < -0.4 is 0 Å². The first-order chi connectivity index (χ1) is 14.0. The summed E-state index contributed by atoms with van der Waals surface area (Å²) in [7, 11) is 0. The first kappa shape index (κ1) is 19.3. The number of para-hydroxylation sites is 1. The van der Waals surface area contributed by atoms with Gasteiger partial charge in [0.15, 0.2) is 6.10 Å². The van der Waals surface area contributed by atoms with Crippen LogP contribution in [0.15, 0.2) is 72.8 Å². The molecule has 144 valence electrons. The number of carbonyl (C=O) groups excluding carboxylic acids is 2. The summed E-state index contributed by atoms with van der Waals surface area (Å²) < 4.78 is 6.16. The fourth-order valence-corrected chi connectivity index (χ4v) is 4.04. The summed E-state index contributed by atoms with van der Waals surface area (Å²) in [5.41, 5.74) is 2.17. The molecule has 0 aliphatic heterocycles. The molecule has 0 aliphatic rings. The molecule has 4 aromatic rings. The maximum absolute atomic E-state index is 13.0. The summed E-state index contributed by atoms with van der Waals surface area (Å²) in [4.78, 5) is 31.0. The van der Waals surface area contributed by atoms with E-state index in [4.69, 9.17) is 16.3 Å². The lowest BCUT2D eigenvalue weighted by Crippen LogP contribution is -2.24. The van der Waals surface area contributed by atoms with Crippen molar-refractivity contribution in [2.24, 2.45) is 0 Å². The highest BCUT2D eigenvalue weighted by Crippen LogP contribution is 2.32. The molecule has 6 heteroatoms. The monoisotopic (exact) mass is 421 g/mol. The second kappa shape index (κ2) is 8.15. The first-order valence-electron chi connectivity index (χ1n) is 8.98. The Morgan fingerprint density at radius 2 is 1.72 bits per heavy atom. The molecule has 0 aliphatic carbocycles. The molecule has 4 nitrogen and oxygen atoms in total. The zero-order chi connectivity index (χ0) is 20.4. The Hall–Kier alpha value is -3.02. The quantitative estimate of drug-likeness (QED) is 0.291. The Labute approximate surface area is 176 Å². The van der Waals surface area contributed by atoms with Crippen LogP contribution in [-0.2, 0) is 4.74 Å². The Kier molecular flexibility index (Phi) is 5.43. The predicted molar refractivity (Wildman–Crippen MR) is 116 cm³/mol. The molecule has 0 spiro atoms. The number of rotatable bonds is 5. The molecule has 4 rings (SSSR count). The summed E-state index contributed by atoms with van der Waals surface area (Å²) in [6, 6.07) is 21.5. The number of nitrogens with zero attached hydrogens (tertiary/aromatic N) is 1. The molecule has 1 atom stereocenters. The minimum atomic E-state index is -0.906. The topological polar surface area (TPSA) is 56.3 Å². The molecule has 2 heterocycles. The predicted octanol–water partition coefficient (Wildman–Crippen LogP) is 6.04. The van der Waals surface area contributed by atoms with Gasteiger partial charge in [0.25, 0.3) is 0 Å². The van der Waals surface area contributed by atoms with Gasteiger partial charge in [-0.15, -0.1) is 11.3 Å². The molecule has 2 aromatic heterocycles. The van der Waals surface area contributed by atoms with Crippen LogP contribution in [0.2, 0.25) is 4.34 Å². The molecule has 29 heavy (non-hydrogen) atoms. The average Bonchev–Trinajstić information content (AvgIpc) is 3.19. The van der Waals surface area contributed by atoms with Gasteiger partial charge < -0.3 is 4.74 Å². The number of fused-ring (bicyclic) bond motifs is 1. The standard InChI is InChI=1S/C23H16ClNO3S/c1-14(22(26)15-7-3-2-4-8-15)28-23(27)17-13-19(20-11-12-21(24)29-20)25-18-10-6-5-9-16(17)18/h2-14H,1H3. The highest BCUT2D eigenvalue weighted by atomic mass is 35.5. The molecule has 0 amide bonds. The van der Waals surface area contributed by atoms with Gasteiger partial charge in [0.2, 0.25) is 5.78 Å². The van der Waals surface area contributed by atoms with Crippen molar-refractivity contribution in [2.45, 2.75) is 13.0 Å². The van der Waals surface area contributed by atoms with Crippen molar-refractivity contribution in [3.63, 3.8) is 0 Å². The Morgan fingerprint density at radius 1 is 1.00 bits per heavy atom. The third kappa shape index (κ3) is 4.06. The van der Waals surface area contributed by atoms with Gasteiger partial charge in [0.05, 0.1) is 26.0 Å². The third-order valence-electron chi connectivity index (χ3n) is 4.47. The van der Waals surface area contributed by atoms with Crippen LogP contribution in [0.4, 0.5) is 0 Å². The van der Waals surface area contributed by atoms with Crippen LogP contribution in [0.3, 0.4) is 0 Å². The van der Waals surface area contributed by atoms with E-state index in [9.17, 15) is 9.59 Å². The Balaban J connectivity index is 1.68. The van der Waals surface area contributed by atoms with Crippen molar-refractivity contribution in [3.05, 3.63) is 88.3 Å². The summed E-state index contributed by atoms with van der Waals surface area (Å²) in [5.74, 6) is -0.813. The Bertz CT molecular complexity index is 1200. The number of ether oxygens (including phenoxy) is 1. The van der Waals surface area contributed by atoms with Crippen LogP contribution in [0.5, 0.6) is 0 Å². The van der Waals surface area contributed by atoms with E-state index in [-0.39, 0.29) is 5.78 Å². The van der Waals surface area contributed by atoms with E-state index in [1.165, 1.54) is 11.3 Å². The van der Waals surface area contributed by atoms with Gasteiger partial charge >= 0.3 is 5.97 Å². The van der Waals surface area contributed by atoms with Crippen molar-refractivity contribution < 1.29 is 14.3 Å². The van der Waals surface area contributed by atoms with Crippen molar-refractivity contribution in [1.82, 2.24) is 4.98 Å². The zero-order valence-corrected chi connectivity index (χ0v) is 17.0. The number of halogens is 1. The smallest absolute Gasteiger partial charge is 0.339 e. The number of ketones is 1. The van der Waals surface area contributed by atoms with E-state index in [0.29, 0.717) is 32.1 Å². The first-order valence-corrected chi connectivity index (χ1v) is 10.2. The lowest BCUT2D eigenvalue weighted by molar-refractivity contribution is 0.0320. The van der Waals surface area contributed by atoms with Crippen molar-refractivity contribution >= 4 is 45.6 Å². The maximum atomic E-state index is 13.0. The van der Waals surface area contributed by atoms with Gasteiger partial charge in [0.1, 0.15) is 0 Å². The number of benzene rings is 2. The largest absolute Gasteiger partial charge is 0.451 e. The van der Waals surface area contributed by atoms with Crippen molar-refractivity contribution in [2.75, 3.05) is 0 Å². The van der Waals surface area contributed by atoms with Crippen LogP contribution in [0.1, 0.15) is 27.6 Å². The molecule has 0 bridgehead atoms. The number of Topliss-reactive ketones (excluding diaryl/α,β-unsaturated/α-hetero) is 1. The van der Waals surface area contributed by atoms with Crippen molar-refractivity contribution in [3.8, 4) is 10.6 Å². The molecular weight excluding hydrogens is 406 g/mol. The number of hydrogen-bond acceptors (Lipinski definition) is 5. The van der Waals surface area contributed by atoms with E-state index in [2.05, 4.69) is 4.98 Å². The Morgan fingerprint density at radius 3 is 2.45 bits per heavy atom. The van der Waals surface area contributed by atoms with E-state index < -0.39 is 12.1 Å². The number of thiophene rings is 1. The van der Waals surface area contributed by atoms with Crippen LogP contribution in [-0.4, -0.2) is 22.8 Å². The summed E-state index contributed by atoms with van der Waals surface area (Å²) in [5, 5.41) is 0.670. The van der Waals surface area contributed by atoms with Gasteiger partial charge in [-0.1, -0.05) is 60.1 Å². The molecule has 0 saturated heterocycles. The van der Waals surface area contributed by atoms with E-state index in [0.717, 1.165) is 4.88 Å². The second-order valence-corrected chi connectivity index (χ2v) is 8.17. The van der Waals surface area contributed by atoms with Gasteiger partial charge in [0, 0.05) is 10.9 Å². The fourth-order valence-electron chi connectivity index (χ4n) is 3.04. The molecular formula is C23H16ClNO3S. The average molecular weight is 422 g/mol. The van der Waals surface area contributed by atoms with E-state index >= 15 is 0 Å². The number of pyridine rings is 1. The van der Waals surface area contributed by atoms with Gasteiger partial charge in [-0.25, -0.2) is 9.78 Å². The summed E-state index contributed by atoms with van der Waals surface area (Å²) in [6.07, 6.45) is -0.906. The van der Waals surface area contributed by atoms with Gasteiger partial charge in [-0.05, 0) is 31.2 Å². The minimum Gasteiger partial charge on any atom is -0.451 e. The van der Waals surface area contributed by atoms with Crippen LogP contribution in [0, 0.1) is 0 Å². The molecule has 0 fully saturated rings. The SMILES string of the molecule is CC(OC(=O)c1cc(-c2ccc(Cl)s2)nc2ccccc12)C(=O)c1ccccc1. The zero-order valence-electron chi connectivity index (χ0n) is 15.5. The van der Waals surface area contributed by atoms with E-state index in [1.807, 2.05) is 36.4 Å². The van der Waals surface area contributed by atoms with Gasteiger partial charge in [-0.3, -0.25) is 4.79 Å². The molecule has 0 radical (unpaired) electrons. The molecule has 0 saturated carbocycles. The van der Waals surface area contributed by atoms with Crippen molar-refractivity contribution in [1.29, 1.82) is 0 Å². The minimum absolute atomic E-state index is 0.248. The van der Waals surface area contributed by atoms with Crippen LogP contribution in [0.25, 0.3) is 21.5 Å². The normalized spacial score (nSPS) is 11.9.